The summed E-state index contributed by atoms with van der Waals surface area (Å²) in [4.78, 5) is 0. The van der Waals surface area contributed by atoms with Crippen LogP contribution in [-0.4, -0.2) is 19.3 Å². The van der Waals surface area contributed by atoms with E-state index in [2.05, 4.69) is 48.0 Å². The molecule has 3 heteroatoms. The van der Waals surface area contributed by atoms with Gasteiger partial charge in [0.2, 0.25) is 0 Å². The number of benzene rings is 1. The maximum absolute atomic E-state index is 5.87. The highest BCUT2D eigenvalue weighted by Gasteiger charge is 2.19. The highest BCUT2D eigenvalue weighted by Crippen LogP contribution is 2.27. The lowest BCUT2D eigenvalue weighted by atomic mass is 9.90. The molecule has 0 fully saturated rings. The van der Waals surface area contributed by atoms with Crippen LogP contribution in [0.4, 0.5) is 0 Å². The van der Waals surface area contributed by atoms with E-state index in [0.29, 0.717) is 12.5 Å². The molecule has 96 valence electrons. The molecule has 1 aromatic rings. The largest absolute Gasteiger partial charge is 0.379 e. The predicted octanol–water partition coefficient (Wildman–Crippen LogP) is 3.70. The first-order valence-corrected chi connectivity index (χ1v) is 6.78. The van der Waals surface area contributed by atoms with Crippen LogP contribution in [0.2, 0.25) is 0 Å². The van der Waals surface area contributed by atoms with Crippen LogP contribution in [0.15, 0.2) is 28.7 Å². The number of halogens is 1. The summed E-state index contributed by atoms with van der Waals surface area (Å²) in [5, 5.41) is 0. The van der Waals surface area contributed by atoms with Crippen molar-refractivity contribution in [3.63, 3.8) is 0 Å². The van der Waals surface area contributed by atoms with Crippen molar-refractivity contribution in [1.82, 2.24) is 0 Å². The van der Waals surface area contributed by atoms with Crippen LogP contribution in [0.25, 0.3) is 0 Å². The summed E-state index contributed by atoms with van der Waals surface area (Å²) >= 11 is 3.50. The average molecular weight is 300 g/mol. The first kappa shape index (κ1) is 14.7. The summed E-state index contributed by atoms with van der Waals surface area (Å²) in [5.41, 5.74) is 7.10. The van der Waals surface area contributed by atoms with Crippen LogP contribution >= 0.6 is 15.9 Å². The number of nitrogens with two attached hydrogens (primary N) is 1. The second-order valence-corrected chi connectivity index (χ2v) is 5.91. The van der Waals surface area contributed by atoms with Crippen LogP contribution in [0.5, 0.6) is 0 Å². The van der Waals surface area contributed by atoms with Gasteiger partial charge in [-0.05, 0) is 56.8 Å². The third kappa shape index (κ3) is 4.78. The summed E-state index contributed by atoms with van der Waals surface area (Å²) in [6.45, 7) is 4.90. The Balaban J connectivity index is 2.66. The van der Waals surface area contributed by atoms with Crippen molar-refractivity contribution >= 4 is 15.9 Å². The molecule has 0 aromatic heterocycles. The van der Waals surface area contributed by atoms with E-state index < -0.39 is 0 Å². The van der Waals surface area contributed by atoms with Crippen molar-refractivity contribution in [2.45, 2.75) is 38.2 Å². The molecule has 0 aliphatic heterocycles. The number of hydrogen-bond donors (Lipinski definition) is 1. The molecule has 0 heterocycles. The Hall–Kier alpha value is -0.380. The molecule has 0 saturated carbocycles. The van der Waals surface area contributed by atoms with E-state index in [-0.39, 0.29) is 5.60 Å². The summed E-state index contributed by atoms with van der Waals surface area (Å²) < 4.78 is 6.55. The normalized spacial score (nSPS) is 13.7. The van der Waals surface area contributed by atoms with Crippen LogP contribution in [-0.2, 0) is 4.74 Å². The standard InChI is InChI=1S/C14H22BrNO/c1-14(2,17-3)8-7-12(10-16)11-5-4-6-13(15)9-11/h4-6,9,12H,7-8,10,16H2,1-3H3. The van der Waals surface area contributed by atoms with Gasteiger partial charge in [-0.1, -0.05) is 28.1 Å². The van der Waals surface area contributed by atoms with Crippen molar-refractivity contribution in [3.05, 3.63) is 34.3 Å². The van der Waals surface area contributed by atoms with Crippen molar-refractivity contribution in [2.24, 2.45) is 5.73 Å². The van der Waals surface area contributed by atoms with Crippen molar-refractivity contribution in [2.75, 3.05) is 13.7 Å². The van der Waals surface area contributed by atoms with Gasteiger partial charge in [0.1, 0.15) is 0 Å². The SMILES string of the molecule is COC(C)(C)CCC(CN)c1cccc(Br)c1. The Bertz CT molecular complexity index is 352. The topological polar surface area (TPSA) is 35.2 Å². The number of ether oxygens (including phenoxy) is 1. The Morgan fingerprint density at radius 1 is 1.41 bits per heavy atom. The van der Waals surface area contributed by atoms with Gasteiger partial charge in [-0.3, -0.25) is 0 Å². The summed E-state index contributed by atoms with van der Waals surface area (Å²) in [6.07, 6.45) is 2.06. The monoisotopic (exact) mass is 299 g/mol. The zero-order valence-electron chi connectivity index (χ0n) is 10.9. The second-order valence-electron chi connectivity index (χ2n) is 4.99. The summed E-state index contributed by atoms with van der Waals surface area (Å²) in [6, 6.07) is 8.39. The van der Waals surface area contributed by atoms with Crippen LogP contribution < -0.4 is 5.73 Å². The summed E-state index contributed by atoms with van der Waals surface area (Å²) in [5.74, 6) is 0.405. The van der Waals surface area contributed by atoms with Crippen molar-refractivity contribution in [3.8, 4) is 0 Å². The van der Waals surface area contributed by atoms with Crippen molar-refractivity contribution in [1.29, 1.82) is 0 Å². The maximum atomic E-state index is 5.87. The van der Waals surface area contributed by atoms with Gasteiger partial charge in [0.25, 0.3) is 0 Å². The zero-order valence-corrected chi connectivity index (χ0v) is 12.5. The molecule has 2 nitrogen and oxygen atoms in total. The molecule has 0 bridgehead atoms. The number of rotatable bonds is 6. The summed E-state index contributed by atoms with van der Waals surface area (Å²) in [7, 11) is 1.76. The molecule has 17 heavy (non-hydrogen) atoms. The molecule has 0 aliphatic carbocycles. The van der Waals surface area contributed by atoms with Gasteiger partial charge < -0.3 is 10.5 Å². The van der Waals surface area contributed by atoms with E-state index >= 15 is 0 Å². The number of methoxy groups -OCH3 is 1. The van der Waals surface area contributed by atoms with Crippen LogP contribution in [0.3, 0.4) is 0 Å². The minimum Gasteiger partial charge on any atom is -0.379 e. The minimum absolute atomic E-state index is 0.0700. The molecule has 0 saturated heterocycles. The fourth-order valence-electron chi connectivity index (χ4n) is 1.81. The molecule has 1 atom stereocenters. The third-order valence-electron chi connectivity index (χ3n) is 3.25. The van der Waals surface area contributed by atoms with Gasteiger partial charge >= 0.3 is 0 Å². The Labute approximate surface area is 113 Å². The fourth-order valence-corrected chi connectivity index (χ4v) is 2.22. The zero-order chi connectivity index (χ0) is 12.9. The lowest BCUT2D eigenvalue weighted by Gasteiger charge is -2.25. The van der Waals surface area contributed by atoms with E-state index in [1.165, 1.54) is 5.56 Å². The van der Waals surface area contributed by atoms with E-state index in [0.717, 1.165) is 17.3 Å². The molecule has 1 aromatic carbocycles. The maximum Gasteiger partial charge on any atom is 0.0623 e. The molecule has 0 radical (unpaired) electrons. The molecule has 0 aliphatic rings. The quantitative estimate of drug-likeness (QED) is 0.869. The highest BCUT2D eigenvalue weighted by atomic mass is 79.9. The minimum atomic E-state index is -0.0700. The fraction of sp³-hybridized carbons (Fsp3) is 0.571. The van der Waals surface area contributed by atoms with Gasteiger partial charge in [-0.25, -0.2) is 0 Å². The highest BCUT2D eigenvalue weighted by molar-refractivity contribution is 9.10. The van der Waals surface area contributed by atoms with E-state index in [1.807, 2.05) is 6.07 Å². The first-order chi connectivity index (χ1) is 7.98. The smallest absolute Gasteiger partial charge is 0.0623 e. The first-order valence-electron chi connectivity index (χ1n) is 5.99. The molecular weight excluding hydrogens is 278 g/mol. The molecule has 1 rings (SSSR count). The van der Waals surface area contributed by atoms with Gasteiger partial charge in [-0.2, -0.15) is 0 Å². The van der Waals surface area contributed by atoms with E-state index in [4.69, 9.17) is 10.5 Å². The van der Waals surface area contributed by atoms with Gasteiger partial charge in [0, 0.05) is 11.6 Å². The lowest BCUT2D eigenvalue weighted by Crippen LogP contribution is -2.24. The lowest BCUT2D eigenvalue weighted by molar-refractivity contribution is 0.0125. The molecule has 0 amide bonds. The Morgan fingerprint density at radius 2 is 2.12 bits per heavy atom. The van der Waals surface area contributed by atoms with Crippen molar-refractivity contribution < 1.29 is 4.74 Å². The van der Waals surface area contributed by atoms with Crippen LogP contribution in [0.1, 0.15) is 38.2 Å². The third-order valence-corrected chi connectivity index (χ3v) is 3.75. The number of hydrogen-bond acceptors (Lipinski definition) is 2. The van der Waals surface area contributed by atoms with E-state index in [1.54, 1.807) is 7.11 Å². The molecule has 0 spiro atoms. The van der Waals surface area contributed by atoms with Gasteiger partial charge in [-0.15, -0.1) is 0 Å². The molecule has 1 unspecified atom stereocenters. The van der Waals surface area contributed by atoms with Crippen LogP contribution in [0, 0.1) is 0 Å². The average Bonchev–Trinajstić information content (AvgIpc) is 2.30. The Kier molecular flexibility index (Phi) is 5.63. The van der Waals surface area contributed by atoms with Gasteiger partial charge in [0.05, 0.1) is 5.60 Å². The van der Waals surface area contributed by atoms with E-state index in [9.17, 15) is 0 Å². The molecular formula is C14H22BrNO. The predicted molar refractivity (Wildman–Crippen MR) is 76.3 cm³/mol. The molecule has 2 N–H and O–H groups in total. The second kappa shape index (κ2) is 6.53. The Morgan fingerprint density at radius 3 is 2.65 bits per heavy atom. The van der Waals surface area contributed by atoms with Gasteiger partial charge in [0.15, 0.2) is 0 Å².